The Labute approximate surface area is 154 Å². The average Bonchev–Trinajstić information content (AvgIpc) is 3.24. The van der Waals surface area contributed by atoms with Gasteiger partial charge < -0.3 is 10.1 Å². The first-order valence-electron chi connectivity index (χ1n) is 7.59. The number of tetrazole rings is 1. The number of nitrogens with zero attached hydrogens (tertiary/aromatic N) is 6. The monoisotopic (exact) mass is 370 g/mol. The Bertz CT molecular complexity index is 971. The van der Waals surface area contributed by atoms with Gasteiger partial charge in [0.1, 0.15) is 24.0 Å². The molecule has 0 saturated heterocycles. The van der Waals surface area contributed by atoms with Gasteiger partial charge in [0.15, 0.2) is 0 Å². The molecule has 0 saturated carbocycles. The maximum absolute atomic E-state index is 9.14. The summed E-state index contributed by atoms with van der Waals surface area (Å²) in [5, 5.41) is 30.1. The van der Waals surface area contributed by atoms with E-state index in [9.17, 15) is 0 Å². The van der Waals surface area contributed by atoms with Gasteiger partial charge in [0.25, 0.3) is 0 Å². The average molecular weight is 371 g/mol. The molecule has 0 atom stereocenters. The third kappa shape index (κ3) is 3.99. The maximum atomic E-state index is 9.14. The maximum Gasteiger partial charge on any atom is 0.216 e. The van der Waals surface area contributed by atoms with E-state index < -0.39 is 0 Å². The van der Waals surface area contributed by atoms with Gasteiger partial charge in [0.05, 0.1) is 16.4 Å². The molecule has 0 spiro atoms. The lowest BCUT2D eigenvalue weighted by molar-refractivity contribution is 0.295. The van der Waals surface area contributed by atoms with Crippen molar-refractivity contribution in [3.05, 3.63) is 52.7 Å². The number of aromatic nitrogens is 6. The summed E-state index contributed by atoms with van der Waals surface area (Å²) in [6.45, 7) is 2.29. The molecule has 3 rings (SSSR count). The molecule has 0 aliphatic heterocycles. The van der Waals surface area contributed by atoms with Crippen molar-refractivity contribution >= 4 is 22.9 Å². The largest absolute Gasteiger partial charge is 0.486 e. The Hall–Kier alpha value is -3.38. The smallest absolute Gasteiger partial charge is 0.216 e. The molecule has 3 aromatic rings. The fourth-order valence-electron chi connectivity index (χ4n) is 2.24. The van der Waals surface area contributed by atoms with E-state index in [0.717, 1.165) is 11.4 Å². The summed E-state index contributed by atoms with van der Waals surface area (Å²) in [4.78, 5) is 0. The number of hydrogen-bond donors (Lipinski definition) is 2. The predicted molar refractivity (Wildman–Crippen MR) is 95.1 cm³/mol. The zero-order chi connectivity index (χ0) is 18.5. The van der Waals surface area contributed by atoms with E-state index in [4.69, 9.17) is 21.6 Å². The Kier molecular flexibility index (Phi) is 5.15. The number of aromatic amines is 1. The van der Waals surface area contributed by atoms with Gasteiger partial charge in [-0.05, 0) is 36.4 Å². The van der Waals surface area contributed by atoms with Crippen molar-refractivity contribution in [2.24, 2.45) is 7.05 Å². The van der Waals surface area contributed by atoms with E-state index in [-0.39, 0.29) is 11.4 Å². The van der Waals surface area contributed by atoms with Crippen molar-refractivity contribution < 1.29 is 4.74 Å². The van der Waals surface area contributed by atoms with Crippen LogP contribution in [0.5, 0.6) is 5.75 Å². The number of ether oxygens (including phenoxy) is 1. The minimum atomic E-state index is 0.206. The lowest BCUT2D eigenvalue weighted by atomic mass is 10.2. The van der Waals surface area contributed by atoms with Crippen molar-refractivity contribution in [1.29, 1.82) is 5.26 Å². The quantitative estimate of drug-likeness (QED) is 0.640. The minimum Gasteiger partial charge on any atom is -0.486 e. The van der Waals surface area contributed by atoms with Crippen LogP contribution in [0.4, 0.5) is 5.69 Å². The van der Waals surface area contributed by atoms with Crippen molar-refractivity contribution in [3.8, 4) is 11.8 Å². The number of nitriles is 1. The highest BCUT2D eigenvalue weighted by atomic mass is 35.5. The molecule has 0 bridgehead atoms. The van der Waals surface area contributed by atoms with Gasteiger partial charge in [-0.25, -0.2) is 0 Å². The van der Waals surface area contributed by atoms with Crippen LogP contribution >= 0.6 is 11.6 Å². The van der Waals surface area contributed by atoms with Gasteiger partial charge in [-0.2, -0.15) is 15.6 Å². The molecule has 132 valence electrons. The molecule has 2 N–H and O–H groups in total. The van der Waals surface area contributed by atoms with Crippen LogP contribution in [0, 0.1) is 18.3 Å². The van der Waals surface area contributed by atoms with Gasteiger partial charge in [-0.15, -0.1) is 10.2 Å². The Balaban J connectivity index is 1.67. The highest BCUT2D eigenvalue weighted by Crippen LogP contribution is 2.28. The molecule has 0 amide bonds. The summed E-state index contributed by atoms with van der Waals surface area (Å²) in [5.74, 6) is 0.760. The lowest BCUT2D eigenvalue weighted by Gasteiger charge is -2.10. The van der Waals surface area contributed by atoms with E-state index in [1.54, 1.807) is 22.9 Å². The molecule has 0 aliphatic rings. The van der Waals surface area contributed by atoms with Gasteiger partial charge in [0.2, 0.25) is 5.82 Å². The molecule has 0 aliphatic carbocycles. The number of halogens is 1. The Morgan fingerprint density at radius 1 is 1.46 bits per heavy atom. The fourth-order valence-corrected chi connectivity index (χ4v) is 2.47. The number of aryl methyl sites for hydroxylation is 2. The summed E-state index contributed by atoms with van der Waals surface area (Å²) < 4.78 is 7.53. The van der Waals surface area contributed by atoms with E-state index in [2.05, 4.69) is 31.0 Å². The number of hydrogen-bond acceptors (Lipinski definition) is 7. The third-order valence-electron chi connectivity index (χ3n) is 3.50. The molecule has 1 aromatic carbocycles. The number of rotatable bonds is 6. The van der Waals surface area contributed by atoms with Crippen LogP contribution in [-0.2, 0) is 13.7 Å². The molecule has 0 fully saturated rings. The van der Waals surface area contributed by atoms with Crippen LogP contribution in [0.1, 0.15) is 17.2 Å². The van der Waals surface area contributed by atoms with Crippen LogP contribution in [-0.4, -0.2) is 30.4 Å². The van der Waals surface area contributed by atoms with Crippen LogP contribution in [0.25, 0.3) is 5.57 Å². The van der Waals surface area contributed by atoms with Crippen LogP contribution in [0.2, 0.25) is 5.02 Å². The molecule has 10 heteroatoms. The summed E-state index contributed by atoms with van der Waals surface area (Å²) in [5.41, 5.74) is 2.80. The normalized spacial score (nSPS) is 11.2. The third-order valence-corrected chi connectivity index (χ3v) is 3.79. The first-order valence-corrected chi connectivity index (χ1v) is 7.97. The molecule has 9 nitrogen and oxygen atoms in total. The van der Waals surface area contributed by atoms with Crippen molar-refractivity contribution in [3.63, 3.8) is 0 Å². The lowest BCUT2D eigenvalue weighted by Crippen LogP contribution is -2.03. The number of allylic oxidation sites excluding steroid dienone is 1. The fraction of sp³-hybridized carbons (Fsp3) is 0.188. The molecular weight excluding hydrogens is 356 g/mol. The second-order valence-electron chi connectivity index (χ2n) is 5.38. The van der Waals surface area contributed by atoms with E-state index in [0.29, 0.717) is 23.1 Å². The summed E-state index contributed by atoms with van der Waals surface area (Å²) >= 11 is 6.28. The SMILES string of the molecule is Cc1cc(COc2ccc(NC=C(C#N)c3nn[nH]n3)cc2Cl)n(C)n1. The van der Waals surface area contributed by atoms with Crippen molar-refractivity contribution in [2.45, 2.75) is 13.5 Å². The van der Waals surface area contributed by atoms with Crippen molar-refractivity contribution in [2.75, 3.05) is 5.32 Å². The highest BCUT2D eigenvalue weighted by molar-refractivity contribution is 6.32. The standard InChI is InChI=1S/C16H15ClN8O/c1-10-5-13(25(2)22-10)9-26-15-4-3-12(6-14(15)17)19-8-11(7-18)16-20-23-24-21-16/h3-6,8,19H,9H2,1-2H3,(H,20,21,23,24). The summed E-state index contributed by atoms with van der Waals surface area (Å²) in [7, 11) is 1.86. The van der Waals surface area contributed by atoms with Gasteiger partial charge >= 0.3 is 0 Å². The predicted octanol–water partition coefficient (Wildman–Crippen LogP) is 2.45. The zero-order valence-electron chi connectivity index (χ0n) is 14.1. The Morgan fingerprint density at radius 3 is 2.92 bits per heavy atom. The summed E-state index contributed by atoms with van der Waals surface area (Å²) in [6.07, 6.45) is 1.48. The molecule has 2 aromatic heterocycles. The molecule has 2 heterocycles. The van der Waals surface area contributed by atoms with E-state index in [1.165, 1.54) is 6.20 Å². The van der Waals surface area contributed by atoms with Crippen LogP contribution in [0.15, 0.2) is 30.5 Å². The van der Waals surface area contributed by atoms with Gasteiger partial charge in [-0.3, -0.25) is 4.68 Å². The molecule has 0 unspecified atom stereocenters. The highest BCUT2D eigenvalue weighted by Gasteiger charge is 2.08. The number of benzene rings is 1. The molecule has 0 radical (unpaired) electrons. The second kappa shape index (κ2) is 7.67. The number of H-pyrrole nitrogens is 1. The van der Waals surface area contributed by atoms with Gasteiger partial charge in [-0.1, -0.05) is 11.6 Å². The minimum absolute atomic E-state index is 0.206. The Morgan fingerprint density at radius 2 is 2.31 bits per heavy atom. The van der Waals surface area contributed by atoms with Gasteiger partial charge in [0, 0.05) is 18.9 Å². The van der Waals surface area contributed by atoms with E-state index >= 15 is 0 Å². The van der Waals surface area contributed by atoms with Crippen LogP contribution in [0.3, 0.4) is 0 Å². The first-order chi connectivity index (χ1) is 12.6. The molecular formula is C16H15ClN8O. The first kappa shape index (κ1) is 17.4. The zero-order valence-corrected chi connectivity index (χ0v) is 14.8. The van der Waals surface area contributed by atoms with Crippen molar-refractivity contribution in [1.82, 2.24) is 30.4 Å². The molecule has 26 heavy (non-hydrogen) atoms. The van der Waals surface area contributed by atoms with Crippen LogP contribution < -0.4 is 10.1 Å². The topological polar surface area (TPSA) is 117 Å². The number of nitrogens with one attached hydrogen (secondary N) is 2. The van der Waals surface area contributed by atoms with E-state index in [1.807, 2.05) is 26.1 Å². The second-order valence-corrected chi connectivity index (χ2v) is 5.79. The summed E-state index contributed by atoms with van der Waals surface area (Å²) in [6, 6.07) is 9.19. The number of anilines is 1.